The largest absolute Gasteiger partial charge is 0.378 e. The molecule has 0 unspecified atom stereocenters. The number of anilines is 1. The summed E-state index contributed by atoms with van der Waals surface area (Å²) in [7, 11) is 0. The monoisotopic (exact) mass is 364 g/mol. The van der Waals surface area contributed by atoms with Crippen molar-refractivity contribution in [2.45, 2.75) is 6.54 Å². The number of aromatic nitrogens is 2. The molecule has 0 atom stereocenters. The molecule has 7 nitrogen and oxygen atoms in total. The fourth-order valence-electron chi connectivity index (χ4n) is 3.21. The van der Waals surface area contributed by atoms with E-state index in [0.29, 0.717) is 25.3 Å². The molecule has 1 fully saturated rings. The van der Waals surface area contributed by atoms with E-state index in [9.17, 15) is 9.59 Å². The summed E-state index contributed by atoms with van der Waals surface area (Å²) >= 11 is 0. The average Bonchev–Trinajstić information content (AvgIpc) is 2.72. The van der Waals surface area contributed by atoms with E-state index in [1.807, 2.05) is 36.4 Å². The summed E-state index contributed by atoms with van der Waals surface area (Å²) in [5.41, 5.74) is 1.32. The van der Waals surface area contributed by atoms with Gasteiger partial charge in [-0.1, -0.05) is 24.3 Å². The predicted molar refractivity (Wildman–Crippen MR) is 103 cm³/mol. The number of hydrogen-bond acceptors (Lipinski definition) is 5. The Kier molecular flexibility index (Phi) is 4.84. The van der Waals surface area contributed by atoms with Gasteiger partial charge < -0.3 is 19.9 Å². The van der Waals surface area contributed by atoms with Crippen molar-refractivity contribution < 1.29 is 9.53 Å². The Hall–Kier alpha value is -3.19. The maximum atomic E-state index is 12.6. The second kappa shape index (κ2) is 7.59. The summed E-state index contributed by atoms with van der Waals surface area (Å²) in [6.45, 7) is 3.15. The molecule has 3 aromatic rings. The minimum atomic E-state index is -0.404. The highest BCUT2D eigenvalue weighted by atomic mass is 16.5. The third kappa shape index (κ3) is 3.68. The van der Waals surface area contributed by atoms with Crippen LogP contribution in [0.1, 0.15) is 15.9 Å². The van der Waals surface area contributed by atoms with Gasteiger partial charge in [-0.3, -0.25) is 9.59 Å². The molecular formula is C20H20N4O3. The van der Waals surface area contributed by atoms with E-state index < -0.39 is 11.5 Å². The van der Waals surface area contributed by atoms with Crippen molar-refractivity contribution in [2.24, 2.45) is 0 Å². The number of ether oxygens (including phenoxy) is 1. The second-order valence-electron chi connectivity index (χ2n) is 6.37. The first-order valence-corrected chi connectivity index (χ1v) is 8.89. The van der Waals surface area contributed by atoms with Crippen molar-refractivity contribution in [3.8, 4) is 0 Å². The lowest BCUT2D eigenvalue weighted by Gasteiger charge is -2.29. The number of nitrogens with zero attached hydrogens (tertiary/aromatic N) is 2. The molecule has 0 saturated carbocycles. The fourth-order valence-corrected chi connectivity index (χ4v) is 3.21. The summed E-state index contributed by atoms with van der Waals surface area (Å²) in [6.07, 6.45) is 1.74. The average molecular weight is 364 g/mol. The Morgan fingerprint density at radius 1 is 1.19 bits per heavy atom. The lowest BCUT2D eigenvalue weighted by atomic mass is 10.1. The molecule has 3 heterocycles. The van der Waals surface area contributed by atoms with E-state index in [1.54, 1.807) is 12.3 Å². The van der Waals surface area contributed by atoms with Crippen LogP contribution in [0.4, 0.5) is 5.82 Å². The molecule has 1 saturated heterocycles. The Labute approximate surface area is 156 Å². The fraction of sp³-hybridized carbons (Fsp3) is 0.250. The zero-order valence-corrected chi connectivity index (χ0v) is 14.8. The number of aromatic amines is 1. The van der Waals surface area contributed by atoms with E-state index in [0.717, 1.165) is 29.9 Å². The molecule has 0 radical (unpaired) electrons. The van der Waals surface area contributed by atoms with E-state index in [-0.39, 0.29) is 5.56 Å². The maximum Gasteiger partial charge on any atom is 0.261 e. The van der Waals surface area contributed by atoms with Crippen LogP contribution in [-0.4, -0.2) is 42.2 Å². The highest BCUT2D eigenvalue weighted by molar-refractivity contribution is 5.97. The van der Waals surface area contributed by atoms with Crippen LogP contribution >= 0.6 is 0 Å². The van der Waals surface area contributed by atoms with Crippen LogP contribution in [0.15, 0.2) is 53.5 Å². The normalized spacial score (nSPS) is 14.3. The van der Waals surface area contributed by atoms with Crippen LogP contribution in [0, 0.1) is 0 Å². The highest BCUT2D eigenvalue weighted by Crippen LogP contribution is 2.18. The Morgan fingerprint density at radius 3 is 2.85 bits per heavy atom. The quantitative estimate of drug-likeness (QED) is 0.736. The molecule has 27 heavy (non-hydrogen) atoms. The van der Waals surface area contributed by atoms with E-state index >= 15 is 0 Å². The van der Waals surface area contributed by atoms with E-state index in [4.69, 9.17) is 4.74 Å². The standard InChI is InChI=1S/C20H20N4O3/c25-19(16-12-14-4-1-2-6-17(14)23-20(16)26)22-13-15-5-3-7-21-18(15)24-8-10-27-11-9-24/h1-7,12H,8-11,13H2,(H,22,25)(H,23,26). The predicted octanol–water partition coefficient (Wildman–Crippen LogP) is 1.69. The zero-order valence-electron chi connectivity index (χ0n) is 14.8. The number of rotatable bonds is 4. The number of benzene rings is 1. The number of morpholine rings is 1. The van der Waals surface area contributed by atoms with E-state index in [1.165, 1.54) is 0 Å². The first-order valence-electron chi connectivity index (χ1n) is 8.89. The number of hydrogen-bond donors (Lipinski definition) is 2. The van der Waals surface area contributed by atoms with Gasteiger partial charge in [-0.05, 0) is 23.6 Å². The number of para-hydroxylation sites is 1. The molecule has 7 heteroatoms. The second-order valence-corrected chi connectivity index (χ2v) is 6.37. The highest BCUT2D eigenvalue weighted by Gasteiger charge is 2.17. The van der Waals surface area contributed by atoms with Crippen LogP contribution in [-0.2, 0) is 11.3 Å². The number of nitrogens with one attached hydrogen (secondary N) is 2. The first kappa shape index (κ1) is 17.2. The minimum absolute atomic E-state index is 0.102. The third-order valence-corrected chi connectivity index (χ3v) is 4.62. The molecule has 1 aliphatic rings. The molecule has 0 spiro atoms. The number of H-pyrrole nitrogens is 1. The van der Waals surface area contributed by atoms with Crippen molar-refractivity contribution in [1.82, 2.24) is 15.3 Å². The van der Waals surface area contributed by atoms with Gasteiger partial charge in [0.05, 0.1) is 13.2 Å². The lowest BCUT2D eigenvalue weighted by molar-refractivity contribution is 0.0949. The van der Waals surface area contributed by atoms with Crippen molar-refractivity contribution in [3.05, 3.63) is 70.1 Å². The van der Waals surface area contributed by atoms with Crippen LogP contribution in [0.5, 0.6) is 0 Å². The number of carbonyl (C=O) groups excluding carboxylic acids is 1. The number of carbonyl (C=O) groups is 1. The van der Waals surface area contributed by atoms with Gasteiger partial charge in [0.2, 0.25) is 0 Å². The van der Waals surface area contributed by atoms with Gasteiger partial charge in [0.1, 0.15) is 11.4 Å². The van der Waals surface area contributed by atoms with Gasteiger partial charge in [0.25, 0.3) is 11.5 Å². The van der Waals surface area contributed by atoms with Crippen molar-refractivity contribution in [3.63, 3.8) is 0 Å². The van der Waals surface area contributed by atoms with Gasteiger partial charge in [-0.2, -0.15) is 0 Å². The topological polar surface area (TPSA) is 87.3 Å². The van der Waals surface area contributed by atoms with Crippen molar-refractivity contribution in [1.29, 1.82) is 0 Å². The molecule has 138 valence electrons. The summed E-state index contributed by atoms with van der Waals surface area (Å²) in [5, 5.41) is 3.66. The summed E-state index contributed by atoms with van der Waals surface area (Å²) < 4.78 is 5.39. The molecule has 1 aromatic carbocycles. The smallest absolute Gasteiger partial charge is 0.261 e. The van der Waals surface area contributed by atoms with Crippen LogP contribution in [0.25, 0.3) is 10.9 Å². The van der Waals surface area contributed by atoms with Crippen LogP contribution < -0.4 is 15.8 Å². The molecule has 2 N–H and O–H groups in total. The maximum absolute atomic E-state index is 12.6. The van der Waals surface area contributed by atoms with Gasteiger partial charge >= 0.3 is 0 Å². The number of amides is 1. The van der Waals surface area contributed by atoms with E-state index in [2.05, 4.69) is 20.2 Å². The Bertz CT molecular complexity index is 1020. The molecular weight excluding hydrogens is 344 g/mol. The molecule has 0 bridgehead atoms. The SMILES string of the molecule is O=C(NCc1cccnc1N1CCOCC1)c1cc2ccccc2[nH]c1=O. The zero-order chi connectivity index (χ0) is 18.6. The summed E-state index contributed by atoms with van der Waals surface area (Å²) in [6, 6.07) is 12.8. The summed E-state index contributed by atoms with van der Waals surface area (Å²) in [4.78, 5) is 34.2. The third-order valence-electron chi connectivity index (χ3n) is 4.62. The molecule has 0 aliphatic carbocycles. The van der Waals surface area contributed by atoms with Crippen molar-refractivity contribution in [2.75, 3.05) is 31.2 Å². The minimum Gasteiger partial charge on any atom is -0.378 e. The first-order chi connectivity index (χ1) is 13.2. The molecule has 1 amide bonds. The Balaban J connectivity index is 1.53. The van der Waals surface area contributed by atoms with Gasteiger partial charge in [0.15, 0.2) is 0 Å². The molecule has 4 rings (SSSR count). The van der Waals surface area contributed by atoms with Crippen LogP contribution in [0.2, 0.25) is 0 Å². The lowest BCUT2D eigenvalue weighted by Crippen LogP contribution is -2.38. The van der Waals surface area contributed by atoms with Crippen LogP contribution in [0.3, 0.4) is 0 Å². The Morgan fingerprint density at radius 2 is 2.00 bits per heavy atom. The molecule has 1 aliphatic heterocycles. The van der Waals surface area contributed by atoms with Crippen molar-refractivity contribution >= 4 is 22.6 Å². The summed E-state index contributed by atoms with van der Waals surface area (Å²) in [5.74, 6) is 0.437. The number of pyridine rings is 2. The molecule has 2 aromatic heterocycles. The van der Waals surface area contributed by atoms with Gasteiger partial charge in [-0.15, -0.1) is 0 Å². The van der Waals surface area contributed by atoms with Gasteiger partial charge in [-0.25, -0.2) is 4.98 Å². The van der Waals surface area contributed by atoms with Gasteiger partial charge in [0, 0.05) is 36.9 Å². The number of fused-ring (bicyclic) bond motifs is 1.